The van der Waals surface area contributed by atoms with Crippen LogP contribution in [0.4, 0.5) is 4.79 Å². The van der Waals surface area contributed by atoms with Crippen LogP contribution in [-0.4, -0.2) is 89.7 Å². The van der Waals surface area contributed by atoms with Gasteiger partial charge in [0.15, 0.2) is 8.32 Å². The third-order valence-corrected chi connectivity index (χ3v) is 11.9. The zero-order valence-electron chi connectivity index (χ0n) is 19.7. The van der Waals surface area contributed by atoms with Gasteiger partial charge in [-0.3, -0.25) is 9.58 Å². The van der Waals surface area contributed by atoms with Gasteiger partial charge in [-0.05, 0) is 54.7 Å². The van der Waals surface area contributed by atoms with Crippen LogP contribution in [-0.2, 0) is 17.5 Å². The van der Waals surface area contributed by atoms with Crippen LogP contribution in [0, 0.1) is 3.57 Å². The summed E-state index contributed by atoms with van der Waals surface area (Å²) in [6.45, 7) is 15.7. The highest BCUT2D eigenvalue weighted by molar-refractivity contribution is 14.1. The molecule has 2 atom stereocenters. The van der Waals surface area contributed by atoms with Crippen molar-refractivity contribution in [1.29, 1.82) is 0 Å². The number of likely N-dealkylation sites (N-methyl/N-ethyl adjacent to an activating group) is 1. The van der Waals surface area contributed by atoms with Crippen molar-refractivity contribution in [1.82, 2.24) is 19.6 Å². The quantitative estimate of drug-likeness (QED) is 0.349. The van der Waals surface area contributed by atoms with Crippen molar-refractivity contribution in [2.75, 3.05) is 33.4 Å². The second-order valence-corrected chi connectivity index (χ2v) is 15.5. The summed E-state index contributed by atoms with van der Waals surface area (Å²) >= 11 is 2.25. The van der Waals surface area contributed by atoms with Gasteiger partial charge in [0.2, 0.25) is 5.88 Å². The average molecular weight is 569 g/mol. The van der Waals surface area contributed by atoms with Gasteiger partial charge in [0.25, 0.3) is 0 Å². The van der Waals surface area contributed by atoms with Gasteiger partial charge in [0.05, 0.1) is 47.7 Å². The Morgan fingerprint density at radius 3 is 2.52 bits per heavy atom. The van der Waals surface area contributed by atoms with Gasteiger partial charge in [-0.2, -0.15) is 0 Å². The first-order valence-electron chi connectivity index (χ1n) is 10.7. The van der Waals surface area contributed by atoms with Crippen molar-refractivity contribution in [3.63, 3.8) is 0 Å². The highest BCUT2D eigenvalue weighted by Gasteiger charge is 2.38. The molecule has 1 saturated heterocycles. The van der Waals surface area contributed by atoms with Crippen molar-refractivity contribution in [3.05, 3.63) is 9.26 Å². The van der Waals surface area contributed by atoms with Crippen LogP contribution in [0.5, 0.6) is 5.88 Å². The van der Waals surface area contributed by atoms with Crippen LogP contribution in [0.3, 0.4) is 0 Å². The summed E-state index contributed by atoms with van der Waals surface area (Å²) in [7, 11) is 0.0442. The lowest BCUT2D eigenvalue weighted by atomic mass is 10.2. The average Bonchev–Trinajstić information content (AvgIpc) is 3.17. The van der Waals surface area contributed by atoms with E-state index in [4.69, 9.17) is 9.16 Å². The predicted octanol–water partition coefficient (Wildman–Crippen LogP) is 3.06. The molecular formula is C20H37IN4O5Si. The van der Waals surface area contributed by atoms with Crippen molar-refractivity contribution in [2.45, 2.75) is 71.1 Å². The first kappa shape index (κ1) is 26.4. The maximum absolute atomic E-state index is 11.3. The molecule has 1 aromatic rings. The van der Waals surface area contributed by atoms with Gasteiger partial charge < -0.3 is 24.3 Å². The zero-order chi connectivity index (χ0) is 23.6. The molecule has 1 aliphatic heterocycles. The minimum atomic E-state index is -1.86. The lowest BCUT2D eigenvalue weighted by Gasteiger charge is -2.36. The van der Waals surface area contributed by atoms with Crippen LogP contribution in [0.2, 0.25) is 18.1 Å². The number of carboxylic acid groups (broad SMARTS) is 1. The predicted molar refractivity (Wildman–Crippen MR) is 130 cm³/mol. The molecule has 1 fully saturated rings. The van der Waals surface area contributed by atoms with Crippen LogP contribution in [0.25, 0.3) is 0 Å². The van der Waals surface area contributed by atoms with Gasteiger partial charge in [0.1, 0.15) is 0 Å². The molecule has 0 radical (unpaired) electrons. The van der Waals surface area contributed by atoms with Gasteiger partial charge in [0, 0.05) is 13.1 Å². The SMILES string of the molecule is CCOc1nn(CCO[Si](C)(C)C(C)(C)C)c(CN(C)[C@H]2CN(C(=O)O)C[C@H]2O)c1I. The topological polar surface area (TPSA) is 100 Å². The third-order valence-electron chi connectivity index (χ3n) is 6.31. The summed E-state index contributed by atoms with van der Waals surface area (Å²) in [5.41, 5.74) is 0.978. The van der Waals surface area contributed by atoms with Crippen LogP contribution >= 0.6 is 22.6 Å². The Labute approximate surface area is 199 Å². The number of carbonyl (C=O) groups is 1. The fourth-order valence-corrected chi connectivity index (χ4v) is 5.08. The van der Waals surface area contributed by atoms with Crippen molar-refractivity contribution in [2.24, 2.45) is 0 Å². The second kappa shape index (κ2) is 10.4. The number of β-amino-alcohol motifs (C(OH)–C–C–N with tert-alkyl or cyclic N) is 1. The maximum Gasteiger partial charge on any atom is 0.407 e. The molecule has 2 rings (SSSR count). The van der Waals surface area contributed by atoms with Gasteiger partial charge in [-0.1, -0.05) is 20.8 Å². The number of halogens is 1. The molecule has 1 amide bonds. The van der Waals surface area contributed by atoms with E-state index in [9.17, 15) is 15.0 Å². The largest absolute Gasteiger partial charge is 0.476 e. The molecule has 31 heavy (non-hydrogen) atoms. The maximum atomic E-state index is 11.3. The van der Waals surface area contributed by atoms with E-state index >= 15 is 0 Å². The standard InChI is InChI=1S/C20H37IN4O5Si/c1-8-29-18-17(21)15(11-23(5)14-12-24(19(27)28)13-16(14)26)25(22-18)9-10-30-31(6,7)20(2,3)4/h14,16,26H,8-13H2,1-7H3,(H,27,28)/t14-,16+/m0/s1. The summed E-state index contributed by atoms with van der Waals surface area (Å²) in [5, 5.41) is 24.4. The summed E-state index contributed by atoms with van der Waals surface area (Å²) < 4.78 is 14.9. The number of aliphatic hydroxyl groups is 1. The Kier molecular flexibility index (Phi) is 8.81. The molecule has 2 heterocycles. The summed E-state index contributed by atoms with van der Waals surface area (Å²) in [5.74, 6) is 0.595. The Morgan fingerprint density at radius 1 is 1.35 bits per heavy atom. The molecular weight excluding hydrogens is 531 g/mol. The fourth-order valence-electron chi connectivity index (χ4n) is 3.33. The monoisotopic (exact) mass is 568 g/mol. The van der Waals surface area contributed by atoms with E-state index < -0.39 is 20.5 Å². The first-order valence-corrected chi connectivity index (χ1v) is 14.6. The lowest BCUT2D eigenvalue weighted by Crippen LogP contribution is -2.42. The molecule has 178 valence electrons. The molecule has 11 heteroatoms. The number of amides is 1. The molecule has 0 bridgehead atoms. The highest BCUT2D eigenvalue weighted by atomic mass is 127. The molecule has 1 aliphatic rings. The number of nitrogens with zero attached hydrogens (tertiary/aromatic N) is 4. The molecule has 1 aromatic heterocycles. The number of rotatable bonds is 9. The Hall–Kier alpha value is -0.893. The van der Waals surface area contributed by atoms with Crippen LogP contribution in [0.1, 0.15) is 33.4 Å². The zero-order valence-corrected chi connectivity index (χ0v) is 22.8. The fraction of sp³-hybridized carbons (Fsp3) is 0.800. The van der Waals surface area contributed by atoms with E-state index in [1.807, 2.05) is 23.6 Å². The lowest BCUT2D eigenvalue weighted by molar-refractivity contribution is 0.0928. The van der Waals surface area contributed by atoms with E-state index in [-0.39, 0.29) is 24.2 Å². The van der Waals surface area contributed by atoms with E-state index in [0.29, 0.717) is 32.2 Å². The number of aliphatic hydroxyl groups excluding tert-OH is 1. The van der Waals surface area contributed by atoms with Crippen LogP contribution in [0.15, 0.2) is 0 Å². The first-order chi connectivity index (χ1) is 14.3. The van der Waals surface area contributed by atoms with E-state index in [2.05, 4.69) is 61.6 Å². The molecule has 0 saturated carbocycles. The molecule has 2 N–H and O–H groups in total. The Bertz CT molecular complexity index is 767. The summed E-state index contributed by atoms with van der Waals surface area (Å²) in [6, 6.07) is -0.269. The molecule has 0 aromatic carbocycles. The number of hydrogen-bond acceptors (Lipinski definition) is 6. The summed E-state index contributed by atoms with van der Waals surface area (Å²) in [6.07, 6.45) is -1.72. The molecule has 0 unspecified atom stereocenters. The molecule has 0 aliphatic carbocycles. The van der Waals surface area contributed by atoms with Crippen LogP contribution < -0.4 is 4.74 Å². The van der Waals surface area contributed by atoms with E-state index in [0.717, 1.165) is 9.26 Å². The minimum Gasteiger partial charge on any atom is -0.476 e. The number of aromatic nitrogens is 2. The number of hydrogen-bond donors (Lipinski definition) is 2. The molecule has 9 nitrogen and oxygen atoms in total. The van der Waals surface area contributed by atoms with E-state index in [1.165, 1.54) is 4.90 Å². The number of ether oxygens (including phenoxy) is 1. The van der Waals surface area contributed by atoms with Crippen molar-refractivity contribution >= 4 is 37.0 Å². The van der Waals surface area contributed by atoms with E-state index in [1.54, 1.807) is 0 Å². The normalized spacial score (nSPS) is 20.0. The third kappa shape index (κ3) is 6.33. The highest BCUT2D eigenvalue weighted by Crippen LogP contribution is 2.36. The summed E-state index contributed by atoms with van der Waals surface area (Å²) in [4.78, 5) is 14.5. The van der Waals surface area contributed by atoms with Gasteiger partial charge in [-0.15, -0.1) is 5.10 Å². The van der Waals surface area contributed by atoms with Crippen molar-refractivity contribution < 1.29 is 24.2 Å². The Balaban J connectivity index is 2.15. The van der Waals surface area contributed by atoms with Gasteiger partial charge in [-0.25, -0.2) is 4.79 Å². The Morgan fingerprint density at radius 2 is 2.00 bits per heavy atom. The molecule has 0 spiro atoms. The van der Waals surface area contributed by atoms with Crippen molar-refractivity contribution in [3.8, 4) is 5.88 Å². The van der Waals surface area contributed by atoms with Gasteiger partial charge >= 0.3 is 6.09 Å². The second-order valence-electron chi connectivity index (χ2n) is 9.57. The number of likely N-dealkylation sites (tertiary alicyclic amines) is 1. The minimum absolute atomic E-state index is 0.130. The smallest absolute Gasteiger partial charge is 0.407 e.